The summed E-state index contributed by atoms with van der Waals surface area (Å²) < 4.78 is 27.4. The van der Waals surface area contributed by atoms with Crippen molar-refractivity contribution in [1.29, 1.82) is 0 Å². The van der Waals surface area contributed by atoms with Crippen molar-refractivity contribution in [2.24, 2.45) is 0 Å². The fourth-order valence-electron chi connectivity index (χ4n) is 1.41. The maximum Gasteiger partial charge on any atom is 0.263 e. The normalized spacial score (nSPS) is 11.2. The first-order valence-electron chi connectivity index (χ1n) is 5.19. The summed E-state index contributed by atoms with van der Waals surface area (Å²) in [6, 6.07) is 10.1. The lowest BCUT2D eigenvalue weighted by Crippen LogP contribution is -2.14. The Labute approximate surface area is 114 Å². The van der Waals surface area contributed by atoms with E-state index in [0.29, 0.717) is 10.3 Å². The van der Waals surface area contributed by atoms with Gasteiger partial charge in [0.1, 0.15) is 5.82 Å². The molecule has 0 bridgehead atoms. The Morgan fingerprint density at radius 3 is 2.67 bits per heavy atom. The third-order valence-corrected chi connectivity index (χ3v) is 4.18. The van der Waals surface area contributed by atoms with Gasteiger partial charge in [0.25, 0.3) is 10.0 Å². The Morgan fingerprint density at radius 1 is 1.22 bits per heavy atom. The maximum atomic E-state index is 12.1. The van der Waals surface area contributed by atoms with E-state index in [-0.39, 0.29) is 4.90 Å². The summed E-state index contributed by atoms with van der Waals surface area (Å²) in [5.74, 6) is 0.345. The number of rotatable bonds is 3. The SMILES string of the molecule is Cc1cccnc1NS(=O)(=O)c1cccc(Br)c1. The molecule has 2 rings (SSSR count). The first-order valence-corrected chi connectivity index (χ1v) is 7.47. The summed E-state index contributed by atoms with van der Waals surface area (Å²) in [7, 11) is -3.60. The molecule has 0 saturated heterocycles. The Balaban J connectivity index is 2.37. The number of pyridine rings is 1. The van der Waals surface area contributed by atoms with Gasteiger partial charge < -0.3 is 0 Å². The Hall–Kier alpha value is -1.40. The monoisotopic (exact) mass is 326 g/mol. The van der Waals surface area contributed by atoms with E-state index in [9.17, 15) is 8.42 Å². The second-order valence-corrected chi connectivity index (χ2v) is 6.33. The van der Waals surface area contributed by atoms with Crippen LogP contribution in [0, 0.1) is 6.92 Å². The van der Waals surface area contributed by atoms with E-state index in [1.165, 1.54) is 6.07 Å². The third kappa shape index (κ3) is 2.88. The number of sulfonamides is 1. The topological polar surface area (TPSA) is 59.1 Å². The molecule has 0 aliphatic carbocycles. The van der Waals surface area contributed by atoms with Gasteiger partial charge in [-0.3, -0.25) is 4.72 Å². The highest BCUT2D eigenvalue weighted by Crippen LogP contribution is 2.19. The number of benzene rings is 1. The lowest BCUT2D eigenvalue weighted by Gasteiger charge is -2.09. The summed E-state index contributed by atoms with van der Waals surface area (Å²) in [4.78, 5) is 4.21. The van der Waals surface area contributed by atoms with Crippen LogP contribution in [-0.2, 0) is 10.0 Å². The van der Waals surface area contributed by atoms with Gasteiger partial charge in [0.05, 0.1) is 4.90 Å². The highest BCUT2D eigenvalue weighted by molar-refractivity contribution is 9.10. The number of anilines is 1. The van der Waals surface area contributed by atoms with Gasteiger partial charge in [0.15, 0.2) is 0 Å². The van der Waals surface area contributed by atoms with Crippen LogP contribution in [0.3, 0.4) is 0 Å². The minimum absolute atomic E-state index is 0.196. The highest BCUT2D eigenvalue weighted by Gasteiger charge is 2.15. The van der Waals surface area contributed by atoms with Crippen molar-refractivity contribution in [2.45, 2.75) is 11.8 Å². The maximum absolute atomic E-state index is 12.1. The molecule has 0 fully saturated rings. The quantitative estimate of drug-likeness (QED) is 0.943. The molecule has 94 valence electrons. The second-order valence-electron chi connectivity index (χ2n) is 3.73. The van der Waals surface area contributed by atoms with Crippen molar-refractivity contribution >= 4 is 31.8 Å². The number of nitrogens with one attached hydrogen (secondary N) is 1. The molecular formula is C12H11BrN2O2S. The van der Waals surface area contributed by atoms with Crippen molar-refractivity contribution in [3.05, 3.63) is 52.6 Å². The van der Waals surface area contributed by atoms with Crippen LogP contribution >= 0.6 is 15.9 Å². The van der Waals surface area contributed by atoms with E-state index in [4.69, 9.17) is 0 Å². The summed E-state index contributed by atoms with van der Waals surface area (Å²) in [6.07, 6.45) is 1.55. The average molecular weight is 327 g/mol. The van der Waals surface area contributed by atoms with Gasteiger partial charge >= 0.3 is 0 Å². The van der Waals surface area contributed by atoms with Gasteiger partial charge in [-0.15, -0.1) is 0 Å². The summed E-state index contributed by atoms with van der Waals surface area (Å²) in [5.41, 5.74) is 0.774. The van der Waals surface area contributed by atoms with Gasteiger partial charge in [-0.25, -0.2) is 13.4 Å². The zero-order valence-electron chi connectivity index (χ0n) is 9.59. The molecule has 4 nitrogen and oxygen atoms in total. The number of hydrogen-bond donors (Lipinski definition) is 1. The molecule has 0 spiro atoms. The van der Waals surface area contributed by atoms with Gasteiger partial charge in [-0.1, -0.05) is 28.1 Å². The molecule has 0 atom stereocenters. The van der Waals surface area contributed by atoms with E-state index in [2.05, 4.69) is 25.6 Å². The number of nitrogens with zero attached hydrogens (tertiary/aromatic N) is 1. The molecule has 0 aliphatic heterocycles. The predicted octanol–water partition coefficient (Wildman–Crippen LogP) is 2.95. The van der Waals surface area contributed by atoms with Gasteiger partial charge in [-0.2, -0.15) is 0 Å². The van der Waals surface area contributed by atoms with E-state index in [1.54, 1.807) is 43.5 Å². The van der Waals surface area contributed by atoms with Crippen molar-refractivity contribution < 1.29 is 8.42 Å². The van der Waals surface area contributed by atoms with Crippen LogP contribution in [0.1, 0.15) is 5.56 Å². The van der Waals surface area contributed by atoms with Gasteiger partial charge in [0, 0.05) is 10.7 Å². The Kier molecular flexibility index (Phi) is 3.68. The molecule has 1 aromatic heterocycles. The lowest BCUT2D eigenvalue weighted by molar-refractivity contribution is 0.601. The molecule has 0 amide bonds. The number of aromatic nitrogens is 1. The van der Waals surface area contributed by atoms with Crippen LogP contribution in [0.5, 0.6) is 0 Å². The van der Waals surface area contributed by atoms with E-state index < -0.39 is 10.0 Å². The van der Waals surface area contributed by atoms with Crippen LogP contribution in [0.2, 0.25) is 0 Å². The molecule has 2 aromatic rings. The average Bonchev–Trinajstić information content (AvgIpc) is 2.32. The minimum atomic E-state index is -3.60. The molecule has 0 radical (unpaired) electrons. The van der Waals surface area contributed by atoms with Crippen LogP contribution in [-0.4, -0.2) is 13.4 Å². The molecule has 0 unspecified atom stereocenters. The number of halogens is 1. The Morgan fingerprint density at radius 2 is 2.00 bits per heavy atom. The molecule has 18 heavy (non-hydrogen) atoms. The largest absolute Gasteiger partial charge is 0.263 e. The van der Waals surface area contributed by atoms with Gasteiger partial charge in [-0.05, 0) is 36.8 Å². The molecular weight excluding hydrogens is 316 g/mol. The third-order valence-electron chi connectivity index (χ3n) is 2.35. The van der Waals surface area contributed by atoms with Crippen molar-refractivity contribution in [3.8, 4) is 0 Å². The van der Waals surface area contributed by atoms with E-state index in [1.807, 2.05) is 0 Å². The second kappa shape index (κ2) is 5.07. The fourth-order valence-corrected chi connectivity index (χ4v) is 3.09. The standard InChI is InChI=1S/C12H11BrN2O2S/c1-9-4-3-7-14-12(9)15-18(16,17)11-6-2-5-10(13)8-11/h2-8H,1H3,(H,14,15). The highest BCUT2D eigenvalue weighted by atomic mass is 79.9. The van der Waals surface area contributed by atoms with Crippen molar-refractivity contribution in [2.75, 3.05) is 4.72 Å². The summed E-state index contributed by atoms with van der Waals surface area (Å²) >= 11 is 3.25. The lowest BCUT2D eigenvalue weighted by atomic mass is 10.3. The molecule has 0 saturated carbocycles. The van der Waals surface area contributed by atoms with Crippen molar-refractivity contribution in [1.82, 2.24) is 4.98 Å². The molecule has 0 aliphatic rings. The van der Waals surface area contributed by atoms with Crippen LogP contribution in [0.15, 0.2) is 52.0 Å². The first-order chi connectivity index (χ1) is 8.49. The van der Waals surface area contributed by atoms with Gasteiger partial charge in [0.2, 0.25) is 0 Å². The fraction of sp³-hybridized carbons (Fsp3) is 0.0833. The number of hydrogen-bond acceptors (Lipinski definition) is 3. The van der Waals surface area contributed by atoms with Crippen LogP contribution in [0.4, 0.5) is 5.82 Å². The minimum Gasteiger partial charge on any atom is -0.263 e. The zero-order chi connectivity index (χ0) is 13.2. The predicted molar refractivity (Wildman–Crippen MR) is 73.9 cm³/mol. The molecule has 1 heterocycles. The summed E-state index contributed by atoms with van der Waals surface area (Å²) in [5, 5.41) is 0. The molecule has 6 heteroatoms. The summed E-state index contributed by atoms with van der Waals surface area (Å²) in [6.45, 7) is 1.80. The van der Waals surface area contributed by atoms with Crippen LogP contribution < -0.4 is 4.72 Å². The molecule has 1 aromatic carbocycles. The van der Waals surface area contributed by atoms with Crippen molar-refractivity contribution in [3.63, 3.8) is 0 Å². The smallest absolute Gasteiger partial charge is 0.263 e. The zero-order valence-corrected chi connectivity index (χ0v) is 12.0. The first kappa shape index (κ1) is 13.0. The Bertz CT molecular complexity index is 671. The van der Waals surface area contributed by atoms with E-state index >= 15 is 0 Å². The number of aryl methyl sites for hydroxylation is 1. The molecule has 1 N–H and O–H groups in total. The van der Waals surface area contributed by atoms with Crippen LogP contribution in [0.25, 0.3) is 0 Å². The van der Waals surface area contributed by atoms with E-state index in [0.717, 1.165) is 5.56 Å².